The van der Waals surface area contributed by atoms with Gasteiger partial charge < -0.3 is 16.0 Å². The molecule has 0 radical (unpaired) electrons. The first-order valence-electron chi connectivity index (χ1n) is 7.37. The molecule has 1 aromatic carbocycles. The van der Waals surface area contributed by atoms with Gasteiger partial charge in [0.05, 0.1) is 10.2 Å². The van der Waals surface area contributed by atoms with E-state index in [9.17, 15) is 8.42 Å². The fraction of sp³-hybridized carbons (Fsp3) is 0.286. The van der Waals surface area contributed by atoms with Crippen LogP contribution in [0.1, 0.15) is 12.8 Å². The van der Waals surface area contributed by atoms with Crippen LogP contribution in [0.3, 0.4) is 0 Å². The fourth-order valence-corrected chi connectivity index (χ4v) is 3.38. The number of primary sulfonamides is 1. The van der Waals surface area contributed by atoms with Crippen molar-refractivity contribution in [1.29, 1.82) is 0 Å². The molecule has 8 nitrogen and oxygen atoms in total. The van der Waals surface area contributed by atoms with Gasteiger partial charge in [-0.15, -0.1) is 0 Å². The summed E-state index contributed by atoms with van der Waals surface area (Å²) >= 11 is 3.42. The third-order valence-electron chi connectivity index (χ3n) is 3.50. The maximum absolute atomic E-state index is 11.7. The van der Waals surface area contributed by atoms with E-state index in [4.69, 9.17) is 5.14 Å². The van der Waals surface area contributed by atoms with E-state index < -0.39 is 10.0 Å². The zero-order valence-corrected chi connectivity index (χ0v) is 15.1. The van der Waals surface area contributed by atoms with Gasteiger partial charge in [-0.3, -0.25) is 0 Å². The van der Waals surface area contributed by atoms with Crippen LogP contribution >= 0.6 is 15.9 Å². The molecule has 2 heterocycles. The number of rotatable bonds is 1. The Labute approximate surface area is 148 Å². The third kappa shape index (κ3) is 3.94. The highest BCUT2D eigenvalue weighted by Crippen LogP contribution is 2.27. The molecule has 3 rings (SSSR count). The number of nitrogens with one attached hydrogen (secondary N) is 3. The number of aromatic nitrogens is 2. The Hall–Kier alpha value is -1.91. The number of nitrogens with zero attached hydrogens (tertiary/aromatic N) is 2. The molecule has 10 heteroatoms. The molecule has 4 bridgehead atoms. The van der Waals surface area contributed by atoms with Gasteiger partial charge >= 0.3 is 0 Å². The predicted molar refractivity (Wildman–Crippen MR) is 97.0 cm³/mol. The number of benzene rings is 1. The average molecular weight is 413 g/mol. The first-order valence-corrected chi connectivity index (χ1v) is 9.71. The number of fused-ring (bicyclic) bond motifs is 4. The van der Waals surface area contributed by atoms with Gasteiger partial charge in [-0.2, -0.15) is 4.98 Å². The van der Waals surface area contributed by atoms with Crippen LogP contribution in [0.2, 0.25) is 0 Å². The van der Waals surface area contributed by atoms with Crippen molar-refractivity contribution in [3.05, 3.63) is 28.9 Å². The highest BCUT2D eigenvalue weighted by molar-refractivity contribution is 9.10. The second-order valence-corrected chi connectivity index (χ2v) is 7.72. The Balaban J connectivity index is 2.01. The van der Waals surface area contributed by atoms with E-state index >= 15 is 0 Å². The van der Waals surface area contributed by atoms with Crippen molar-refractivity contribution in [3.63, 3.8) is 0 Å². The van der Waals surface area contributed by atoms with E-state index in [0.717, 1.165) is 23.9 Å². The van der Waals surface area contributed by atoms with Gasteiger partial charge in [-0.1, -0.05) is 0 Å². The molecule has 0 unspecified atom stereocenters. The maximum Gasteiger partial charge on any atom is 0.240 e. The van der Waals surface area contributed by atoms with Crippen LogP contribution in [-0.2, 0) is 10.0 Å². The Bertz CT molecular complexity index is 858. The summed E-state index contributed by atoms with van der Waals surface area (Å²) in [6.07, 6.45) is 3.43. The molecule has 1 aromatic heterocycles. The van der Waals surface area contributed by atoms with Gasteiger partial charge in [0.15, 0.2) is 0 Å². The molecule has 24 heavy (non-hydrogen) atoms. The van der Waals surface area contributed by atoms with Crippen molar-refractivity contribution < 1.29 is 8.42 Å². The summed E-state index contributed by atoms with van der Waals surface area (Å²) in [6, 6.07) is 4.79. The number of hydrogen-bond donors (Lipinski definition) is 4. The minimum Gasteiger partial charge on any atom is -0.384 e. The van der Waals surface area contributed by atoms with E-state index in [2.05, 4.69) is 41.8 Å². The van der Waals surface area contributed by atoms with E-state index in [1.165, 1.54) is 6.07 Å². The van der Waals surface area contributed by atoms with Crippen LogP contribution in [0.4, 0.5) is 23.1 Å². The zero-order chi connectivity index (χ0) is 17.2. The van der Waals surface area contributed by atoms with Gasteiger partial charge in [0.2, 0.25) is 16.0 Å². The van der Waals surface area contributed by atoms with Crippen molar-refractivity contribution in [2.45, 2.75) is 17.7 Å². The zero-order valence-electron chi connectivity index (χ0n) is 12.7. The summed E-state index contributed by atoms with van der Waals surface area (Å²) in [6.45, 7) is 1.38. The highest BCUT2D eigenvalue weighted by atomic mass is 79.9. The van der Waals surface area contributed by atoms with Crippen LogP contribution < -0.4 is 21.1 Å². The van der Waals surface area contributed by atoms with Crippen LogP contribution in [-0.4, -0.2) is 31.5 Å². The molecule has 1 aliphatic heterocycles. The van der Waals surface area contributed by atoms with Crippen molar-refractivity contribution in [3.8, 4) is 0 Å². The SMILES string of the molecule is NS(=O)(=O)c1ccc2cc1NCCCCNc1nc(ncc1Br)N2. The summed E-state index contributed by atoms with van der Waals surface area (Å²) < 4.78 is 24.3. The van der Waals surface area contributed by atoms with Crippen molar-refractivity contribution in [2.75, 3.05) is 29.0 Å². The van der Waals surface area contributed by atoms with Crippen LogP contribution in [0.5, 0.6) is 0 Å². The van der Waals surface area contributed by atoms with Crippen LogP contribution in [0.15, 0.2) is 33.8 Å². The molecule has 128 valence electrons. The number of anilines is 4. The molecular weight excluding hydrogens is 396 g/mol. The quantitative estimate of drug-likeness (QED) is 0.566. The largest absolute Gasteiger partial charge is 0.384 e. The van der Waals surface area contributed by atoms with Crippen molar-refractivity contribution in [2.24, 2.45) is 5.14 Å². The lowest BCUT2D eigenvalue weighted by molar-refractivity contribution is 0.598. The molecular formula is C14H17BrN6O2S. The molecule has 0 amide bonds. The third-order valence-corrected chi connectivity index (χ3v) is 5.05. The first-order chi connectivity index (χ1) is 11.4. The Morgan fingerprint density at radius 3 is 2.67 bits per heavy atom. The standard InChI is InChI=1S/C14H17BrN6O2S/c15-10-8-19-14-20-9-3-4-12(24(16,22)23)11(7-9)17-5-1-2-6-18-13(10)21-14/h3-4,7-8,17H,1-2,5-6H2,(H2,16,22,23)(H2,18,19,20,21). The van der Waals surface area contributed by atoms with Gasteiger partial charge in [0, 0.05) is 25.0 Å². The van der Waals surface area contributed by atoms with E-state index in [0.29, 0.717) is 29.7 Å². The van der Waals surface area contributed by atoms with Crippen LogP contribution in [0.25, 0.3) is 0 Å². The van der Waals surface area contributed by atoms with E-state index in [-0.39, 0.29) is 4.90 Å². The molecule has 5 N–H and O–H groups in total. The van der Waals surface area contributed by atoms with E-state index in [1.54, 1.807) is 18.3 Å². The molecule has 2 aromatic rings. The molecule has 0 saturated heterocycles. The lowest BCUT2D eigenvalue weighted by Crippen LogP contribution is -2.16. The van der Waals surface area contributed by atoms with Crippen molar-refractivity contribution in [1.82, 2.24) is 9.97 Å². The average Bonchev–Trinajstić information content (AvgIpc) is 2.52. The summed E-state index contributed by atoms with van der Waals surface area (Å²) in [5.41, 5.74) is 1.13. The summed E-state index contributed by atoms with van der Waals surface area (Å²) in [5.74, 6) is 1.12. The highest BCUT2D eigenvalue weighted by Gasteiger charge is 2.15. The lowest BCUT2D eigenvalue weighted by atomic mass is 10.2. The van der Waals surface area contributed by atoms with Crippen LogP contribution in [0, 0.1) is 0 Å². The van der Waals surface area contributed by atoms with Gasteiger partial charge in [0.1, 0.15) is 10.7 Å². The topological polar surface area (TPSA) is 122 Å². The molecule has 0 aliphatic carbocycles. The normalized spacial score (nSPS) is 14.9. The van der Waals surface area contributed by atoms with Crippen molar-refractivity contribution >= 4 is 49.1 Å². The molecule has 0 fully saturated rings. The lowest BCUT2D eigenvalue weighted by Gasteiger charge is -2.13. The number of sulfonamides is 1. The molecule has 0 spiro atoms. The Kier molecular flexibility index (Phi) is 4.88. The predicted octanol–water partition coefficient (Wildman–Crippen LogP) is 2.25. The second kappa shape index (κ2) is 6.91. The summed E-state index contributed by atoms with van der Waals surface area (Å²) in [7, 11) is -3.80. The first kappa shape index (κ1) is 16.9. The number of hydrogen-bond acceptors (Lipinski definition) is 7. The Morgan fingerprint density at radius 1 is 1.17 bits per heavy atom. The number of halogens is 1. The Morgan fingerprint density at radius 2 is 1.92 bits per heavy atom. The smallest absolute Gasteiger partial charge is 0.240 e. The summed E-state index contributed by atoms with van der Waals surface area (Å²) in [5, 5.41) is 14.7. The molecule has 0 saturated carbocycles. The second-order valence-electron chi connectivity index (χ2n) is 5.33. The number of nitrogens with two attached hydrogens (primary N) is 1. The van der Waals surface area contributed by atoms with Gasteiger partial charge in [-0.05, 0) is 47.0 Å². The van der Waals surface area contributed by atoms with E-state index in [1.807, 2.05) is 0 Å². The molecule has 1 aliphatic rings. The maximum atomic E-state index is 11.7. The minimum atomic E-state index is -3.80. The minimum absolute atomic E-state index is 0.0680. The fourth-order valence-electron chi connectivity index (χ4n) is 2.35. The monoisotopic (exact) mass is 412 g/mol. The summed E-state index contributed by atoms with van der Waals surface area (Å²) in [4.78, 5) is 8.70. The van der Waals surface area contributed by atoms with Gasteiger partial charge in [0.25, 0.3) is 0 Å². The van der Waals surface area contributed by atoms with Gasteiger partial charge in [-0.25, -0.2) is 18.5 Å². The molecule has 0 atom stereocenters.